The first-order chi connectivity index (χ1) is 4.83. The molecule has 0 aromatic rings. The van der Waals surface area contributed by atoms with E-state index in [9.17, 15) is 0 Å². The average molecular weight is 145 g/mol. The van der Waals surface area contributed by atoms with E-state index in [0.717, 1.165) is 32.0 Å². The Balaban J connectivity index is 0. The average Bonchev–Trinajstić information content (AvgIpc) is 1.91. The lowest BCUT2D eigenvalue weighted by Crippen LogP contribution is -2.02. The van der Waals surface area contributed by atoms with Crippen molar-refractivity contribution in [1.82, 2.24) is 0 Å². The summed E-state index contributed by atoms with van der Waals surface area (Å²) in [7, 11) is 0. The zero-order valence-electron chi connectivity index (χ0n) is 6.10. The van der Waals surface area contributed by atoms with Crippen LogP contribution in [0.5, 0.6) is 0 Å². The summed E-state index contributed by atoms with van der Waals surface area (Å²) < 4.78 is 0. The van der Waals surface area contributed by atoms with Gasteiger partial charge < -0.3 is 11.5 Å². The molecule has 0 radical (unpaired) electrons. The molecule has 0 amide bonds. The van der Waals surface area contributed by atoms with Gasteiger partial charge in [-0.15, -0.1) is 0 Å². The van der Waals surface area contributed by atoms with E-state index in [0.29, 0.717) is 0 Å². The summed E-state index contributed by atoms with van der Waals surface area (Å²) in [5, 5.41) is 5.40. The molecule has 0 aromatic heterocycles. The van der Waals surface area contributed by atoms with Crippen molar-refractivity contribution in [2.24, 2.45) is 11.5 Å². The Labute approximate surface area is 61.1 Å². The van der Waals surface area contributed by atoms with E-state index in [1.165, 1.54) is 6.42 Å². The van der Waals surface area contributed by atoms with Crippen molar-refractivity contribution in [3.05, 3.63) is 0 Å². The SMILES string of the molecule is N=C=O.NCCCCCN. The maximum Gasteiger partial charge on any atom is 0.231 e. The molecule has 0 aliphatic rings. The first kappa shape index (κ1) is 12.0. The van der Waals surface area contributed by atoms with E-state index in [-0.39, 0.29) is 0 Å². The minimum absolute atomic E-state index is 0.750. The van der Waals surface area contributed by atoms with E-state index in [1.807, 2.05) is 0 Å². The Bertz CT molecular complexity index is 75.1. The van der Waals surface area contributed by atoms with Gasteiger partial charge >= 0.3 is 0 Å². The molecule has 10 heavy (non-hydrogen) atoms. The van der Waals surface area contributed by atoms with Crippen LogP contribution in [-0.4, -0.2) is 19.2 Å². The highest BCUT2D eigenvalue weighted by atomic mass is 16.1. The molecule has 5 N–H and O–H groups in total. The van der Waals surface area contributed by atoms with Crippen LogP contribution in [0.15, 0.2) is 0 Å². The summed E-state index contributed by atoms with van der Waals surface area (Å²) in [6.45, 7) is 1.61. The summed E-state index contributed by atoms with van der Waals surface area (Å²) in [6, 6.07) is 0. The summed E-state index contributed by atoms with van der Waals surface area (Å²) in [5.41, 5.74) is 10.5. The van der Waals surface area contributed by atoms with E-state index in [2.05, 4.69) is 0 Å². The largest absolute Gasteiger partial charge is 0.330 e. The molecular weight excluding hydrogens is 130 g/mol. The van der Waals surface area contributed by atoms with Gasteiger partial charge in [0.15, 0.2) is 0 Å². The number of nitrogens with one attached hydrogen (secondary N) is 1. The highest BCUT2D eigenvalue weighted by Gasteiger charge is 1.80. The van der Waals surface area contributed by atoms with Crippen molar-refractivity contribution in [3.8, 4) is 0 Å². The van der Waals surface area contributed by atoms with Crippen LogP contribution in [0.25, 0.3) is 0 Å². The maximum atomic E-state index is 8.35. The molecule has 0 heterocycles. The van der Waals surface area contributed by atoms with Crippen LogP contribution >= 0.6 is 0 Å². The molecule has 0 saturated heterocycles. The van der Waals surface area contributed by atoms with Gasteiger partial charge in [0, 0.05) is 0 Å². The van der Waals surface area contributed by atoms with Crippen molar-refractivity contribution in [1.29, 1.82) is 5.41 Å². The standard InChI is InChI=1S/C5H14N2.CHNO/c6-4-2-1-3-5-7;2-1-3/h1-7H2;2H. The second-order valence-corrected chi connectivity index (χ2v) is 1.74. The van der Waals surface area contributed by atoms with Crippen molar-refractivity contribution >= 4 is 6.08 Å². The van der Waals surface area contributed by atoms with E-state index in [1.54, 1.807) is 0 Å². The number of rotatable bonds is 4. The Kier molecular flexibility index (Phi) is 18.9. The second-order valence-electron chi connectivity index (χ2n) is 1.74. The Hall–Kier alpha value is -0.700. The van der Waals surface area contributed by atoms with Crippen LogP contribution in [0.3, 0.4) is 0 Å². The molecule has 4 heteroatoms. The van der Waals surface area contributed by atoms with Gasteiger partial charge in [0.2, 0.25) is 6.08 Å². The van der Waals surface area contributed by atoms with Gasteiger partial charge in [0.25, 0.3) is 0 Å². The zero-order valence-corrected chi connectivity index (χ0v) is 6.10. The maximum absolute atomic E-state index is 8.35. The third kappa shape index (κ3) is 26.6. The second kappa shape index (κ2) is 15.7. The minimum Gasteiger partial charge on any atom is -0.330 e. The van der Waals surface area contributed by atoms with Crippen molar-refractivity contribution in [2.45, 2.75) is 19.3 Å². The predicted octanol–water partition coefficient (Wildman–Crippen LogP) is -0.0249. The lowest BCUT2D eigenvalue weighted by atomic mass is 10.2. The van der Waals surface area contributed by atoms with Crippen molar-refractivity contribution in [3.63, 3.8) is 0 Å². The molecule has 60 valence electrons. The molecule has 0 spiro atoms. The van der Waals surface area contributed by atoms with Gasteiger partial charge in [0.05, 0.1) is 0 Å². The van der Waals surface area contributed by atoms with Crippen LogP contribution in [0.4, 0.5) is 0 Å². The molecule has 0 bridgehead atoms. The normalized spacial score (nSPS) is 7.40. The van der Waals surface area contributed by atoms with Crippen molar-refractivity contribution < 1.29 is 4.79 Å². The third-order valence-electron chi connectivity index (χ3n) is 0.908. The molecule has 0 atom stereocenters. The Morgan fingerprint density at radius 2 is 1.40 bits per heavy atom. The van der Waals surface area contributed by atoms with Crippen LogP contribution in [0.2, 0.25) is 0 Å². The summed E-state index contributed by atoms with van der Waals surface area (Å²) in [5.74, 6) is 0. The Morgan fingerprint density at radius 1 is 1.10 bits per heavy atom. The van der Waals surface area contributed by atoms with Gasteiger partial charge in [-0.05, 0) is 25.9 Å². The molecule has 0 aromatic carbocycles. The highest BCUT2D eigenvalue weighted by Crippen LogP contribution is 1.88. The topological polar surface area (TPSA) is 93.0 Å². The van der Waals surface area contributed by atoms with E-state index >= 15 is 0 Å². The molecule has 0 aliphatic carbocycles. The van der Waals surface area contributed by atoms with Gasteiger partial charge in [0.1, 0.15) is 0 Å². The van der Waals surface area contributed by atoms with Gasteiger partial charge in [-0.3, -0.25) is 0 Å². The smallest absolute Gasteiger partial charge is 0.231 e. The third-order valence-corrected chi connectivity index (χ3v) is 0.908. The number of isocyanates is 1. The molecule has 0 unspecified atom stereocenters. The quantitative estimate of drug-likeness (QED) is 0.295. The van der Waals surface area contributed by atoms with Crippen LogP contribution in [0, 0.1) is 5.41 Å². The van der Waals surface area contributed by atoms with Gasteiger partial charge in [-0.25, -0.2) is 10.2 Å². The number of hydrogen-bond acceptors (Lipinski definition) is 4. The fourth-order valence-electron chi connectivity index (χ4n) is 0.465. The molecule has 0 rings (SSSR count). The molecular formula is C6H15N3O. The van der Waals surface area contributed by atoms with E-state index < -0.39 is 0 Å². The summed E-state index contributed by atoms with van der Waals surface area (Å²) >= 11 is 0. The Morgan fingerprint density at radius 3 is 1.60 bits per heavy atom. The zero-order chi connectivity index (χ0) is 8.24. The number of unbranched alkanes of at least 4 members (excludes halogenated alkanes) is 2. The number of nitrogens with two attached hydrogens (primary N) is 2. The number of carbonyl (C=O) groups excluding carboxylic acids is 1. The lowest BCUT2D eigenvalue weighted by Gasteiger charge is -1.91. The minimum atomic E-state index is 0.750. The molecule has 0 saturated carbocycles. The highest BCUT2D eigenvalue weighted by molar-refractivity contribution is 5.26. The van der Waals surface area contributed by atoms with Crippen LogP contribution < -0.4 is 11.5 Å². The van der Waals surface area contributed by atoms with E-state index in [4.69, 9.17) is 21.7 Å². The summed E-state index contributed by atoms with van der Waals surface area (Å²) in [6.07, 6.45) is 4.18. The molecule has 4 nitrogen and oxygen atoms in total. The first-order valence-electron chi connectivity index (χ1n) is 3.27. The van der Waals surface area contributed by atoms with Gasteiger partial charge in [-0.2, -0.15) is 0 Å². The first-order valence-corrected chi connectivity index (χ1v) is 3.27. The summed E-state index contributed by atoms with van der Waals surface area (Å²) in [4.78, 5) is 8.35. The van der Waals surface area contributed by atoms with Crippen LogP contribution in [0.1, 0.15) is 19.3 Å². The van der Waals surface area contributed by atoms with Crippen molar-refractivity contribution in [2.75, 3.05) is 13.1 Å². The number of hydrogen-bond donors (Lipinski definition) is 3. The fraction of sp³-hybridized carbons (Fsp3) is 0.833. The van der Waals surface area contributed by atoms with Gasteiger partial charge in [-0.1, -0.05) is 6.42 Å². The molecule has 0 aliphatic heterocycles. The predicted molar refractivity (Wildman–Crippen MR) is 40.4 cm³/mol. The lowest BCUT2D eigenvalue weighted by molar-refractivity contribution is 0.563. The fourth-order valence-corrected chi connectivity index (χ4v) is 0.465. The van der Waals surface area contributed by atoms with Crippen LogP contribution in [-0.2, 0) is 4.79 Å². The molecule has 0 fully saturated rings. The monoisotopic (exact) mass is 145 g/mol.